The van der Waals surface area contributed by atoms with Crippen LogP contribution < -0.4 is 10.5 Å². The van der Waals surface area contributed by atoms with Gasteiger partial charge in [0.25, 0.3) is 5.91 Å². The highest BCUT2D eigenvalue weighted by Crippen LogP contribution is 2.21. The summed E-state index contributed by atoms with van der Waals surface area (Å²) in [6, 6.07) is 13.9. The van der Waals surface area contributed by atoms with E-state index in [0.717, 1.165) is 0 Å². The minimum atomic E-state index is -3.81. The lowest BCUT2D eigenvalue weighted by molar-refractivity contribution is -0.152. The average molecular weight is 348 g/mol. The summed E-state index contributed by atoms with van der Waals surface area (Å²) in [6.07, 6.45) is -1.11. The summed E-state index contributed by atoms with van der Waals surface area (Å²) >= 11 is 0. The van der Waals surface area contributed by atoms with Gasteiger partial charge in [-0.25, -0.2) is 13.6 Å². The number of hydrogen-bond acceptors (Lipinski definition) is 5. The molecule has 24 heavy (non-hydrogen) atoms. The Morgan fingerprint density at radius 3 is 2.12 bits per heavy atom. The first-order valence-electron chi connectivity index (χ1n) is 6.93. The zero-order valence-corrected chi connectivity index (χ0v) is 13.6. The summed E-state index contributed by atoms with van der Waals surface area (Å²) < 4.78 is 27.5. The molecule has 0 aliphatic rings. The molecule has 1 atom stereocenters. The number of anilines is 1. The largest absolute Gasteiger partial charge is 0.447 e. The van der Waals surface area contributed by atoms with Gasteiger partial charge in [-0.1, -0.05) is 30.3 Å². The molecule has 0 heterocycles. The van der Waals surface area contributed by atoms with Crippen LogP contribution in [0, 0.1) is 0 Å². The number of sulfonamides is 1. The van der Waals surface area contributed by atoms with E-state index in [4.69, 9.17) is 9.88 Å². The lowest BCUT2D eigenvalue weighted by Crippen LogP contribution is -2.25. The normalized spacial score (nSPS) is 12.2. The van der Waals surface area contributed by atoms with Crippen LogP contribution in [0.2, 0.25) is 0 Å². The number of carbonyl (C=O) groups excluding carboxylic acids is 2. The molecule has 1 amide bonds. The van der Waals surface area contributed by atoms with Gasteiger partial charge in [0.2, 0.25) is 16.1 Å². The predicted octanol–water partition coefficient (Wildman–Crippen LogP) is 1.58. The number of hydrogen-bond donors (Lipinski definition) is 2. The number of nitrogens with two attached hydrogens (primary N) is 1. The van der Waals surface area contributed by atoms with E-state index in [0.29, 0.717) is 11.3 Å². The van der Waals surface area contributed by atoms with Crippen molar-refractivity contribution in [3.05, 3.63) is 60.2 Å². The molecule has 2 rings (SSSR count). The number of primary sulfonamides is 1. The van der Waals surface area contributed by atoms with E-state index in [1.807, 2.05) is 0 Å². The molecule has 0 aromatic heterocycles. The van der Waals surface area contributed by atoms with Crippen LogP contribution in [-0.2, 0) is 24.3 Å². The van der Waals surface area contributed by atoms with Gasteiger partial charge in [0, 0.05) is 18.2 Å². The Balaban J connectivity index is 2.20. The Labute approximate surface area is 139 Å². The monoisotopic (exact) mass is 348 g/mol. The van der Waals surface area contributed by atoms with Gasteiger partial charge in [-0.3, -0.25) is 9.59 Å². The van der Waals surface area contributed by atoms with Crippen molar-refractivity contribution in [1.29, 1.82) is 0 Å². The van der Waals surface area contributed by atoms with Crippen molar-refractivity contribution in [2.45, 2.75) is 17.9 Å². The molecule has 0 aliphatic carbocycles. The lowest BCUT2D eigenvalue weighted by Gasteiger charge is -2.17. The molecule has 0 fully saturated rings. The fraction of sp³-hybridized carbons (Fsp3) is 0.125. The highest BCUT2D eigenvalue weighted by atomic mass is 32.2. The molecule has 3 N–H and O–H groups in total. The molecule has 0 aliphatic heterocycles. The minimum Gasteiger partial charge on any atom is -0.447 e. The van der Waals surface area contributed by atoms with Gasteiger partial charge < -0.3 is 10.1 Å². The van der Waals surface area contributed by atoms with Crippen LogP contribution in [0.5, 0.6) is 0 Å². The fourth-order valence-corrected chi connectivity index (χ4v) is 2.52. The molecule has 2 aromatic carbocycles. The van der Waals surface area contributed by atoms with Crippen molar-refractivity contribution in [2.24, 2.45) is 5.14 Å². The number of ether oxygens (including phenoxy) is 1. The maximum Gasteiger partial charge on any atom is 0.303 e. The maximum absolute atomic E-state index is 12.4. The Morgan fingerprint density at radius 1 is 1.04 bits per heavy atom. The van der Waals surface area contributed by atoms with Crippen LogP contribution in [-0.4, -0.2) is 20.3 Å². The van der Waals surface area contributed by atoms with Crippen LogP contribution in [0.1, 0.15) is 18.6 Å². The Bertz CT molecular complexity index is 833. The average Bonchev–Trinajstić information content (AvgIpc) is 2.53. The van der Waals surface area contributed by atoms with E-state index in [9.17, 15) is 18.0 Å². The van der Waals surface area contributed by atoms with Crippen molar-refractivity contribution in [3.8, 4) is 0 Å². The highest BCUT2D eigenvalue weighted by Gasteiger charge is 2.23. The Hall–Kier alpha value is -2.71. The van der Waals surface area contributed by atoms with Gasteiger partial charge in [0.1, 0.15) is 0 Å². The van der Waals surface area contributed by atoms with E-state index in [1.54, 1.807) is 30.3 Å². The summed E-state index contributed by atoms with van der Waals surface area (Å²) in [5.74, 6) is -1.15. The molecule has 0 saturated carbocycles. The van der Waals surface area contributed by atoms with Crippen molar-refractivity contribution in [3.63, 3.8) is 0 Å². The second kappa shape index (κ2) is 7.24. The molecule has 0 radical (unpaired) electrons. The predicted molar refractivity (Wildman–Crippen MR) is 87.4 cm³/mol. The van der Waals surface area contributed by atoms with Crippen molar-refractivity contribution in [2.75, 3.05) is 5.32 Å². The van der Waals surface area contributed by atoms with Crippen LogP contribution in [0.4, 0.5) is 5.69 Å². The van der Waals surface area contributed by atoms with Gasteiger partial charge in [-0.15, -0.1) is 0 Å². The number of esters is 1. The van der Waals surface area contributed by atoms with Gasteiger partial charge in [0.15, 0.2) is 0 Å². The third-order valence-electron chi connectivity index (χ3n) is 3.07. The molecular formula is C16H16N2O5S. The number of rotatable bonds is 5. The van der Waals surface area contributed by atoms with E-state index in [-0.39, 0.29) is 4.90 Å². The summed E-state index contributed by atoms with van der Waals surface area (Å²) in [5, 5.41) is 7.59. The third kappa shape index (κ3) is 4.64. The molecule has 126 valence electrons. The molecular weight excluding hydrogens is 332 g/mol. The first-order valence-corrected chi connectivity index (χ1v) is 8.48. The standard InChI is InChI=1S/C16H16N2O5S/c1-11(19)23-15(12-5-3-2-4-6-12)16(20)18-13-7-9-14(10-8-13)24(17,21)22/h2-10,15H,1H3,(H,18,20)(H2,17,21,22). The Morgan fingerprint density at radius 2 is 1.62 bits per heavy atom. The number of carbonyl (C=O) groups is 2. The zero-order chi connectivity index (χ0) is 17.7. The van der Waals surface area contributed by atoms with Crippen LogP contribution >= 0.6 is 0 Å². The third-order valence-corrected chi connectivity index (χ3v) is 4.00. The number of benzene rings is 2. The summed E-state index contributed by atoms with van der Waals surface area (Å²) in [7, 11) is -3.81. The molecule has 1 unspecified atom stereocenters. The molecule has 8 heteroatoms. The van der Waals surface area contributed by atoms with E-state index in [1.165, 1.54) is 31.2 Å². The summed E-state index contributed by atoms with van der Waals surface area (Å²) in [4.78, 5) is 23.6. The molecule has 0 spiro atoms. The molecule has 2 aromatic rings. The molecule has 0 bridgehead atoms. The second-order valence-electron chi connectivity index (χ2n) is 4.96. The van der Waals surface area contributed by atoms with Crippen molar-refractivity contribution in [1.82, 2.24) is 0 Å². The van der Waals surface area contributed by atoms with Crippen molar-refractivity contribution < 1.29 is 22.7 Å². The molecule has 7 nitrogen and oxygen atoms in total. The van der Waals surface area contributed by atoms with Gasteiger partial charge in [0.05, 0.1) is 4.90 Å². The maximum atomic E-state index is 12.4. The van der Waals surface area contributed by atoms with Crippen molar-refractivity contribution >= 4 is 27.6 Å². The molecule has 0 saturated heterocycles. The Kier molecular flexibility index (Phi) is 5.32. The van der Waals surface area contributed by atoms with Crippen LogP contribution in [0.25, 0.3) is 0 Å². The number of amides is 1. The van der Waals surface area contributed by atoms with Gasteiger partial charge in [-0.05, 0) is 24.3 Å². The first-order chi connectivity index (χ1) is 11.3. The summed E-state index contributed by atoms with van der Waals surface area (Å²) in [6.45, 7) is 1.21. The SMILES string of the molecule is CC(=O)OC(C(=O)Nc1ccc(S(N)(=O)=O)cc1)c1ccccc1. The lowest BCUT2D eigenvalue weighted by atomic mass is 10.1. The van der Waals surface area contributed by atoms with Crippen LogP contribution in [0.3, 0.4) is 0 Å². The fourth-order valence-electron chi connectivity index (χ4n) is 2.00. The van der Waals surface area contributed by atoms with Gasteiger partial charge in [-0.2, -0.15) is 0 Å². The number of nitrogens with one attached hydrogen (secondary N) is 1. The topological polar surface area (TPSA) is 116 Å². The van der Waals surface area contributed by atoms with Gasteiger partial charge >= 0.3 is 5.97 Å². The quantitative estimate of drug-likeness (QED) is 0.796. The highest BCUT2D eigenvalue weighted by molar-refractivity contribution is 7.89. The second-order valence-corrected chi connectivity index (χ2v) is 6.52. The minimum absolute atomic E-state index is 0.0694. The summed E-state index contributed by atoms with van der Waals surface area (Å²) in [5.41, 5.74) is 0.867. The smallest absolute Gasteiger partial charge is 0.303 e. The van der Waals surface area contributed by atoms with E-state index >= 15 is 0 Å². The van der Waals surface area contributed by atoms with Crippen LogP contribution in [0.15, 0.2) is 59.5 Å². The van der Waals surface area contributed by atoms with E-state index in [2.05, 4.69) is 5.32 Å². The zero-order valence-electron chi connectivity index (χ0n) is 12.8. The van der Waals surface area contributed by atoms with E-state index < -0.39 is 28.0 Å². The first kappa shape index (κ1) is 17.6.